The number of benzene rings is 2. The van der Waals surface area contributed by atoms with E-state index >= 15 is 0 Å². The van der Waals surface area contributed by atoms with Gasteiger partial charge in [0.15, 0.2) is 0 Å². The molecule has 1 heterocycles. The average molecular weight is 358 g/mol. The number of carbonyl (C=O) groups excluding carboxylic acids is 2. The molecule has 2 aromatic carbocycles. The summed E-state index contributed by atoms with van der Waals surface area (Å²) in [6, 6.07) is 14.3. The number of para-hydroxylation sites is 1. The van der Waals surface area contributed by atoms with E-state index < -0.39 is 6.09 Å². The summed E-state index contributed by atoms with van der Waals surface area (Å²) in [5.74, 6) is -0.334. The molecule has 3 aromatic rings. The van der Waals surface area contributed by atoms with Crippen molar-refractivity contribution < 1.29 is 14.3 Å². The van der Waals surface area contributed by atoms with Gasteiger partial charge < -0.3 is 14.6 Å². The largest absolute Gasteiger partial charge is 0.453 e. The van der Waals surface area contributed by atoms with Crippen molar-refractivity contribution in [1.82, 2.24) is 4.57 Å². The van der Waals surface area contributed by atoms with Crippen molar-refractivity contribution in [3.63, 3.8) is 0 Å². The van der Waals surface area contributed by atoms with Gasteiger partial charge in [-0.25, -0.2) is 4.79 Å². The van der Waals surface area contributed by atoms with Gasteiger partial charge in [-0.1, -0.05) is 35.9 Å². The smallest absolute Gasteiger partial charge is 0.411 e. The second kappa shape index (κ2) is 6.86. The molecule has 0 fully saturated rings. The van der Waals surface area contributed by atoms with Crippen LogP contribution in [0.4, 0.5) is 16.2 Å². The van der Waals surface area contributed by atoms with Crippen molar-refractivity contribution in [3.8, 4) is 0 Å². The lowest BCUT2D eigenvalue weighted by Gasteiger charge is -2.09. The third-order valence-corrected chi connectivity index (χ3v) is 4.20. The first-order valence-electron chi connectivity index (χ1n) is 7.50. The molecule has 3 rings (SSSR count). The standard InChI is InChI=1S/C18H16ClN3O3/c1-22-14-9-4-3-8-13(14)15(19)16(22)17(23)20-11-6-5-7-12(10-11)21-18(24)25-2/h3-10H,1-2H3,(H,20,23)(H,21,24). The van der Waals surface area contributed by atoms with Crippen LogP contribution in [0, 0.1) is 0 Å². The number of fused-ring (bicyclic) bond motifs is 1. The minimum absolute atomic E-state index is 0.334. The molecule has 0 aliphatic heterocycles. The van der Waals surface area contributed by atoms with E-state index in [-0.39, 0.29) is 5.91 Å². The van der Waals surface area contributed by atoms with Crippen LogP contribution in [0.5, 0.6) is 0 Å². The van der Waals surface area contributed by atoms with Crippen LogP contribution in [0.1, 0.15) is 10.5 Å². The number of hydrogen-bond donors (Lipinski definition) is 2. The molecule has 6 nitrogen and oxygen atoms in total. The molecule has 0 spiro atoms. The topological polar surface area (TPSA) is 72.4 Å². The normalized spacial score (nSPS) is 10.5. The SMILES string of the molecule is COC(=O)Nc1cccc(NC(=O)c2c(Cl)c3ccccc3n2C)c1. The summed E-state index contributed by atoms with van der Waals surface area (Å²) in [5, 5.41) is 6.56. The van der Waals surface area contributed by atoms with E-state index in [2.05, 4.69) is 15.4 Å². The highest BCUT2D eigenvalue weighted by molar-refractivity contribution is 6.39. The fourth-order valence-corrected chi connectivity index (χ4v) is 3.01. The molecule has 2 N–H and O–H groups in total. The number of nitrogens with one attached hydrogen (secondary N) is 2. The molecule has 128 valence electrons. The summed E-state index contributed by atoms with van der Waals surface area (Å²) in [7, 11) is 3.07. The third kappa shape index (κ3) is 3.29. The predicted octanol–water partition coefficient (Wildman–Crippen LogP) is 4.26. The Balaban J connectivity index is 1.88. The number of hydrogen-bond acceptors (Lipinski definition) is 3. The van der Waals surface area contributed by atoms with Crippen LogP contribution < -0.4 is 10.6 Å². The van der Waals surface area contributed by atoms with E-state index in [0.717, 1.165) is 10.9 Å². The van der Waals surface area contributed by atoms with Gasteiger partial charge in [0.05, 0.1) is 12.1 Å². The number of nitrogens with zero attached hydrogens (tertiary/aromatic N) is 1. The van der Waals surface area contributed by atoms with E-state index in [0.29, 0.717) is 22.1 Å². The zero-order valence-electron chi connectivity index (χ0n) is 13.7. The maximum Gasteiger partial charge on any atom is 0.411 e. The second-order valence-corrected chi connectivity index (χ2v) is 5.77. The van der Waals surface area contributed by atoms with Crippen molar-refractivity contribution >= 4 is 45.9 Å². The molecule has 7 heteroatoms. The van der Waals surface area contributed by atoms with Gasteiger partial charge in [0.25, 0.3) is 5.91 Å². The van der Waals surface area contributed by atoms with Gasteiger partial charge in [-0.05, 0) is 24.3 Å². The molecule has 0 saturated heterocycles. The zero-order chi connectivity index (χ0) is 18.0. The number of halogens is 1. The first-order valence-corrected chi connectivity index (χ1v) is 7.88. The number of rotatable bonds is 3. The number of ether oxygens (including phenoxy) is 1. The Labute approximate surface area is 149 Å². The van der Waals surface area contributed by atoms with Crippen LogP contribution in [0.15, 0.2) is 48.5 Å². The number of amides is 2. The third-order valence-electron chi connectivity index (χ3n) is 3.81. The number of aromatic nitrogens is 1. The van der Waals surface area contributed by atoms with E-state index in [4.69, 9.17) is 11.6 Å². The Hall–Kier alpha value is -2.99. The van der Waals surface area contributed by atoms with E-state index in [1.54, 1.807) is 35.9 Å². The Kier molecular flexibility index (Phi) is 4.63. The molecular weight excluding hydrogens is 342 g/mol. The summed E-state index contributed by atoms with van der Waals surface area (Å²) in [4.78, 5) is 24.0. The van der Waals surface area contributed by atoms with Crippen LogP contribution >= 0.6 is 11.6 Å². The molecule has 0 unspecified atom stereocenters. The van der Waals surface area contributed by atoms with Crippen LogP contribution in [-0.4, -0.2) is 23.7 Å². The first-order chi connectivity index (χ1) is 12.0. The van der Waals surface area contributed by atoms with Crippen LogP contribution in [-0.2, 0) is 11.8 Å². The lowest BCUT2D eigenvalue weighted by atomic mass is 10.2. The molecular formula is C18H16ClN3O3. The van der Waals surface area contributed by atoms with Gasteiger partial charge >= 0.3 is 6.09 Å². The molecule has 0 saturated carbocycles. The predicted molar refractivity (Wildman–Crippen MR) is 98.4 cm³/mol. The van der Waals surface area contributed by atoms with Gasteiger partial charge in [0.1, 0.15) is 5.69 Å². The Morgan fingerprint density at radius 1 is 1.04 bits per heavy atom. The zero-order valence-corrected chi connectivity index (χ0v) is 14.4. The number of aryl methyl sites for hydroxylation is 1. The molecule has 0 aliphatic carbocycles. The Morgan fingerprint density at radius 2 is 1.72 bits per heavy atom. The average Bonchev–Trinajstić information content (AvgIpc) is 2.86. The molecule has 0 aliphatic rings. The highest BCUT2D eigenvalue weighted by Gasteiger charge is 2.19. The fraction of sp³-hybridized carbons (Fsp3) is 0.111. The maximum atomic E-state index is 12.7. The summed E-state index contributed by atoms with van der Waals surface area (Å²) in [5.41, 5.74) is 2.28. The number of methoxy groups -OCH3 is 1. The lowest BCUT2D eigenvalue weighted by molar-refractivity contribution is 0.102. The Bertz CT molecular complexity index is 926. The molecule has 2 amide bonds. The van der Waals surface area contributed by atoms with Crippen LogP contribution in [0.3, 0.4) is 0 Å². The second-order valence-electron chi connectivity index (χ2n) is 5.39. The summed E-state index contributed by atoms with van der Waals surface area (Å²) >= 11 is 6.39. The van der Waals surface area contributed by atoms with Gasteiger partial charge in [-0.3, -0.25) is 10.1 Å². The van der Waals surface area contributed by atoms with Crippen molar-refractivity contribution in [1.29, 1.82) is 0 Å². The van der Waals surface area contributed by atoms with E-state index in [9.17, 15) is 9.59 Å². The monoisotopic (exact) mass is 357 g/mol. The minimum Gasteiger partial charge on any atom is -0.453 e. The lowest BCUT2D eigenvalue weighted by Crippen LogP contribution is -2.16. The highest BCUT2D eigenvalue weighted by Crippen LogP contribution is 2.30. The molecule has 25 heavy (non-hydrogen) atoms. The molecule has 1 aromatic heterocycles. The molecule has 0 atom stereocenters. The number of carbonyl (C=O) groups is 2. The van der Waals surface area contributed by atoms with Crippen LogP contribution in [0.2, 0.25) is 5.02 Å². The van der Waals surface area contributed by atoms with Gasteiger partial charge in [0, 0.05) is 29.3 Å². The van der Waals surface area contributed by atoms with Gasteiger partial charge in [-0.15, -0.1) is 0 Å². The van der Waals surface area contributed by atoms with Gasteiger partial charge in [-0.2, -0.15) is 0 Å². The fourth-order valence-electron chi connectivity index (χ4n) is 2.63. The summed E-state index contributed by atoms with van der Waals surface area (Å²) < 4.78 is 6.30. The minimum atomic E-state index is -0.583. The highest BCUT2D eigenvalue weighted by atomic mass is 35.5. The quantitative estimate of drug-likeness (QED) is 0.735. The van der Waals surface area contributed by atoms with Crippen molar-refractivity contribution in [2.24, 2.45) is 7.05 Å². The van der Waals surface area contributed by atoms with E-state index in [1.807, 2.05) is 24.3 Å². The maximum absolute atomic E-state index is 12.7. The van der Waals surface area contributed by atoms with Crippen molar-refractivity contribution in [2.75, 3.05) is 17.7 Å². The Morgan fingerprint density at radius 3 is 2.40 bits per heavy atom. The van der Waals surface area contributed by atoms with Gasteiger partial charge in [0.2, 0.25) is 0 Å². The van der Waals surface area contributed by atoms with E-state index in [1.165, 1.54) is 7.11 Å². The van der Waals surface area contributed by atoms with Crippen molar-refractivity contribution in [3.05, 3.63) is 59.2 Å². The molecule has 0 radical (unpaired) electrons. The van der Waals surface area contributed by atoms with Crippen molar-refractivity contribution in [2.45, 2.75) is 0 Å². The first kappa shape index (κ1) is 16.9. The summed E-state index contributed by atoms with van der Waals surface area (Å²) in [6.45, 7) is 0. The number of anilines is 2. The van der Waals surface area contributed by atoms with Crippen LogP contribution in [0.25, 0.3) is 10.9 Å². The molecule has 0 bridgehead atoms. The summed E-state index contributed by atoms with van der Waals surface area (Å²) in [6.07, 6.45) is -0.583.